The summed E-state index contributed by atoms with van der Waals surface area (Å²) in [6.07, 6.45) is 0.556. The van der Waals surface area contributed by atoms with Crippen molar-refractivity contribution in [3.8, 4) is 0 Å². The van der Waals surface area contributed by atoms with Crippen LogP contribution in [0.5, 0.6) is 0 Å². The molecular formula is C12H17NO. The van der Waals surface area contributed by atoms with Gasteiger partial charge in [-0.2, -0.15) is 0 Å². The first-order valence-corrected chi connectivity index (χ1v) is 4.86. The summed E-state index contributed by atoms with van der Waals surface area (Å²) in [4.78, 5) is 11.0. The third kappa shape index (κ3) is 2.96. The minimum absolute atomic E-state index is 0.146. The first kappa shape index (κ1) is 10.9. The molecule has 1 N–H and O–H groups in total. The number of ketones is 1. The van der Waals surface area contributed by atoms with Gasteiger partial charge in [0, 0.05) is 12.5 Å². The van der Waals surface area contributed by atoms with Crippen molar-refractivity contribution in [2.45, 2.75) is 26.3 Å². The molecule has 0 saturated carbocycles. The lowest BCUT2D eigenvalue weighted by atomic mass is 10.0. The lowest BCUT2D eigenvalue weighted by molar-refractivity contribution is -0.117. The zero-order valence-electron chi connectivity index (χ0n) is 9.00. The molecule has 0 aliphatic heterocycles. The monoisotopic (exact) mass is 191 g/mol. The minimum atomic E-state index is 0.146. The summed E-state index contributed by atoms with van der Waals surface area (Å²) in [6, 6.07) is 8.40. The van der Waals surface area contributed by atoms with E-state index in [-0.39, 0.29) is 11.8 Å². The third-order valence-corrected chi connectivity index (χ3v) is 2.28. The fourth-order valence-electron chi connectivity index (χ4n) is 1.56. The summed E-state index contributed by atoms with van der Waals surface area (Å²) < 4.78 is 0. The molecule has 0 bridgehead atoms. The van der Waals surface area contributed by atoms with Crippen molar-refractivity contribution < 1.29 is 4.79 Å². The Morgan fingerprint density at radius 1 is 1.50 bits per heavy atom. The maximum atomic E-state index is 11.0. The van der Waals surface area contributed by atoms with Gasteiger partial charge in [-0.15, -0.1) is 0 Å². The maximum Gasteiger partial charge on any atom is 0.131 e. The van der Waals surface area contributed by atoms with Gasteiger partial charge in [0.1, 0.15) is 5.78 Å². The quantitative estimate of drug-likeness (QED) is 0.790. The van der Waals surface area contributed by atoms with E-state index in [4.69, 9.17) is 0 Å². The van der Waals surface area contributed by atoms with Gasteiger partial charge in [-0.05, 0) is 26.5 Å². The number of aryl methyl sites for hydroxylation is 1. The molecule has 76 valence electrons. The van der Waals surface area contributed by atoms with E-state index in [0.29, 0.717) is 6.42 Å². The van der Waals surface area contributed by atoms with Crippen molar-refractivity contribution in [1.82, 2.24) is 5.32 Å². The van der Waals surface area contributed by atoms with E-state index in [0.717, 1.165) is 0 Å². The second-order valence-corrected chi connectivity index (χ2v) is 3.66. The van der Waals surface area contributed by atoms with E-state index >= 15 is 0 Å². The number of rotatable bonds is 4. The Balaban J connectivity index is 2.83. The fourth-order valence-corrected chi connectivity index (χ4v) is 1.56. The normalized spacial score (nSPS) is 12.5. The summed E-state index contributed by atoms with van der Waals surface area (Å²) in [5.41, 5.74) is 2.41. The number of hydrogen-bond acceptors (Lipinski definition) is 2. The third-order valence-electron chi connectivity index (χ3n) is 2.28. The van der Waals surface area contributed by atoms with Crippen molar-refractivity contribution in [2.75, 3.05) is 7.05 Å². The molecule has 0 amide bonds. The first-order chi connectivity index (χ1) is 6.63. The van der Waals surface area contributed by atoms with Gasteiger partial charge in [-0.1, -0.05) is 29.8 Å². The van der Waals surface area contributed by atoms with E-state index in [1.54, 1.807) is 6.92 Å². The number of Topliss-reactive ketones (excluding diaryl/α,β-unsaturated/α-hetero) is 1. The summed E-state index contributed by atoms with van der Waals surface area (Å²) >= 11 is 0. The highest BCUT2D eigenvalue weighted by Crippen LogP contribution is 2.17. The highest BCUT2D eigenvalue weighted by molar-refractivity contribution is 5.76. The smallest absolute Gasteiger partial charge is 0.131 e. The van der Waals surface area contributed by atoms with Gasteiger partial charge in [0.25, 0.3) is 0 Å². The summed E-state index contributed by atoms with van der Waals surface area (Å²) in [5.74, 6) is 0.214. The molecule has 14 heavy (non-hydrogen) atoms. The topological polar surface area (TPSA) is 29.1 Å². The standard InChI is InChI=1S/C12H17NO/c1-9-5-4-6-11(7-9)12(13-3)8-10(2)14/h4-7,12-13H,8H2,1-3H3/t12-/m0/s1. The van der Waals surface area contributed by atoms with Crippen LogP contribution < -0.4 is 5.32 Å². The van der Waals surface area contributed by atoms with E-state index < -0.39 is 0 Å². The number of nitrogens with one attached hydrogen (secondary N) is 1. The zero-order valence-corrected chi connectivity index (χ0v) is 9.00. The Morgan fingerprint density at radius 3 is 2.71 bits per heavy atom. The van der Waals surface area contributed by atoms with Crippen molar-refractivity contribution in [3.05, 3.63) is 35.4 Å². The molecular weight excluding hydrogens is 174 g/mol. The molecule has 2 nitrogen and oxygen atoms in total. The van der Waals surface area contributed by atoms with Gasteiger partial charge in [0.2, 0.25) is 0 Å². The van der Waals surface area contributed by atoms with Crippen LogP contribution in [0.1, 0.15) is 30.5 Å². The van der Waals surface area contributed by atoms with Gasteiger partial charge in [0.15, 0.2) is 0 Å². The Labute approximate surface area is 85.3 Å². The van der Waals surface area contributed by atoms with Crippen molar-refractivity contribution in [1.29, 1.82) is 0 Å². The van der Waals surface area contributed by atoms with Crippen LogP contribution >= 0.6 is 0 Å². The second kappa shape index (κ2) is 4.91. The van der Waals surface area contributed by atoms with Gasteiger partial charge in [0.05, 0.1) is 0 Å². The van der Waals surface area contributed by atoms with E-state index in [9.17, 15) is 4.79 Å². The van der Waals surface area contributed by atoms with Gasteiger partial charge < -0.3 is 5.32 Å². The Kier molecular flexibility index (Phi) is 3.84. The van der Waals surface area contributed by atoms with Crippen LogP contribution in [0.15, 0.2) is 24.3 Å². The molecule has 0 fully saturated rings. The molecule has 0 radical (unpaired) electrons. The molecule has 0 aliphatic carbocycles. The molecule has 1 aromatic carbocycles. The molecule has 1 aromatic rings. The average Bonchev–Trinajstić information content (AvgIpc) is 2.14. The predicted octanol–water partition coefficient (Wildman–Crippen LogP) is 2.23. The van der Waals surface area contributed by atoms with E-state index in [2.05, 4.69) is 30.4 Å². The first-order valence-electron chi connectivity index (χ1n) is 4.86. The van der Waals surface area contributed by atoms with Crippen molar-refractivity contribution in [3.63, 3.8) is 0 Å². The molecule has 0 spiro atoms. The Hall–Kier alpha value is -1.15. The summed E-state index contributed by atoms with van der Waals surface area (Å²) in [7, 11) is 1.88. The largest absolute Gasteiger partial charge is 0.313 e. The van der Waals surface area contributed by atoms with Crippen LogP contribution in [0, 0.1) is 6.92 Å². The fraction of sp³-hybridized carbons (Fsp3) is 0.417. The van der Waals surface area contributed by atoms with Crippen LogP contribution in [-0.4, -0.2) is 12.8 Å². The lowest BCUT2D eigenvalue weighted by Crippen LogP contribution is -2.18. The molecule has 0 aromatic heterocycles. The second-order valence-electron chi connectivity index (χ2n) is 3.66. The molecule has 0 saturated heterocycles. The predicted molar refractivity (Wildman–Crippen MR) is 58.3 cm³/mol. The number of carbonyl (C=O) groups excluding carboxylic acids is 1. The van der Waals surface area contributed by atoms with Crippen LogP contribution in [-0.2, 0) is 4.79 Å². The molecule has 0 unspecified atom stereocenters. The average molecular weight is 191 g/mol. The van der Waals surface area contributed by atoms with Crippen LogP contribution in [0.3, 0.4) is 0 Å². The number of carbonyl (C=O) groups is 1. The van der Waals surface area contributed by atoms with Crippen LogP contribution in [0.4, 0.5) is 0 Å². The van der Waals surface area contributed by atoms with E-state index in [1.165, 1.54) is 11.1 Å². The summed E-state index contributed by atoms with van der Waals surface area (Å²) in [6.45, 7) is 3.68. The molecule has 1 atom stereocenters. The zero-order chi connectivity index (χ0) is 10.6. The van der Waals surface area contributed by atoms with Gasteiger partial charge in [-0.3, -0.25) is 4.79 Å². The van der Waals surface area contributed by atoms with Gasteiger partial charge >= 0.3 is 0 Å². The molecule has 1 rings (SSSR count). The molecule has 0 heterocycles. The van der Waals surface area contributed by atoms with Crippen LogP contribution in [0.2, 0.25) is 0 Å². The lowest BCUT2D eigenvalue weighted by Gasteiger charge is -2.15. The highest BCUT2D eigenvalue weighted by atomic mass is 16.1. The maximum absolute atomic E-state index is 11.0. The van der Waals surface area contributed by atoms with Gasteiger partial charge in [-0.25, -0.2) is 0 Å². The Morgan fingerprint density at radius 2 is 2.21 bits per heavy atom. The van der Waals surface area contributed by atoms with Crippen molar-refractivity contribution >= 4 is 5.78 Å². The van der Waals surface area contributed by atoms with Crippen LogP contribution in [0.25, 0.3) is 0 Å². The van der Waals surface area contributed by atoms with E-state index in [1.807, 2.05) is 13.1 Å². The number of hydrogen-bond donors (Lipinski definition) is 1. The highest BCUT2D eigenvalue weighted by Gasteiger charge is 2.10. The summed E-state index contributed by atoms with van der Waals surface area (Å²) in [5, 5.41) is 3.16. The SMILES string of the molecule is CN[C@@H](CC(C)=O)c1cccc(C)c1. The molecule has 0 aliphatic rings. The van der Waals surface area contributed by atoms with Crippen molar-refractivity contribution in [2.24, 2.45) is 0 Å². The minimum Gasteiger partial charge on any atom is -0.313 e. The number of benzene rings is 1. The molecule has 2 heteroatoms. The Bertz CT molecular complexity index is 320.